The average Bonchev–Trinajstić information content (AvgIpc) is 2.41. The molecule has 1 fully saturated rings. The molecule has 7 heteroatoms. The van der Waals surface area contributed by atoms with Gasteiger partial charge < -0.3 is 15.2 Å². The van der Waals surface area contributed by atoms with Crippen LogP contribution in [0.3, 0.4) is 0 Å². The van der Waals surface area contributed by atoms with Crippen LogP contribution in [0.25, 0.3) is 0 Å². The van der Waals surface area contributed by atoms with Crippen LogP contribution in [0.1, 0.15) is 13.8 Å². The van der Waals surface area contributed by atoms with Gasteiger partial charge in [-0.2, -0.15) is 4.31 Å². The predicted octanol–water partition coefficient (Wildman–Crippen LogP) is 1.08. The number of anilines is 1. The second-order valence-electron chi connectivity index (χ2n) is 4.97. The second kappa shape index (κ2) is 5.59. The molecular formula is C13H20N2O4S. The summed E-state index contributed by atoms with van der Waals surface area (Å²) in [5, 5.41) is 0. The van der Waals surface area contributed by atoms with Crippen molar-refractivity contribution in [3.05, 3.63) is 18.2 Å². The third kappa shape index (κ3) is 2.74. The fourth-order valence-electron chi connectivity index (χ4n) is 2.22. The van der Waals surface area contributed by atoms with Crippen molar-refractivity contribution in [3.8, 4) is 5.75 Å². The molecule has 20 heavy (non-hydrogen) atoms. The molecule has 0 saturated carbocycles. The molecule has 1 saturated heterocycles. The molecule has 1 aromatic carbocycles. The minimum absolute atomic E-state index is 0.114. The van der Waals surface area contributed by atoms with Gasteiger partial charge in [-0.15, -0.1) is 0 Å². The first kappa shape index (κ1) is 15.1. The van der Waals surface area contributed by atoms with Crippen molar-refractivity contribution in [2.75, 3.05) is 26.0 Å². The van der Waals surface area contributed by atoms with E-state index >= 15 is 0 Å². The molecule has 2 rings (SSSR count). The first-order valence-electron chi connectivity index (χ1n) is 6.43. The molecule has 2 atom stereocenters. The van der Waals surface area contributed by atoms with E-state index in [0.29, 0.717) is 24.6 Å². The monoisotopic (exact) mass is 300 g/mol. The summed E-state index contributed by atoms with van der Waals surface area (Å²) in [6, 6.07) is 4.31. The van der Waals surface area contributed by atoms with Crippen LogP contribution in [-0.4, -0.2) is 45.1 Å². The molecule has 0 amide bonds. The smallest absolute Gasteiger partial charge is 0.243 e. The summed E-state index contributed by atoms with van der Waals surface area (Å²) in [6.45, 7) is 4.43. The molecule has 2 unspecified atom stereocenters. The normalized spacial score (nSPS) is 24.6. The van der Waals surface area contributed by atoms with Crippen LogP contribution >= 0.6 is 0 Å². The summed E-state index contributed by atoms with van der Waals surface area (Å²) in [6.07, 6.45) is -0.114. The summed E-state index contributed by atoms with van der Waals surface area (Å²) in [5.41, 5.74) is 6.10. The van der Waals surface area contributed by atoms with E-state index in [4.69, 9.17) is 15.2 Å². The van der Waals surface area contributed by atoms with E-state index in [-0.39, 0.29) is 17.0 Å². The van der Waals surface area contributed by atoms with Gasteiger partial charge in [0.05, 0.1) is 30.4 Å². The Labute approximate surface area is 119 Å². The molecular weight excluding hydrogens is 280 g/mol. The Kier molecular flexibility index (Phi) is 4.22. The van der Waals surface area contributed by atoms with E-state index < -0.39 is 10.0 Å². The number of nitrogen functional groups attached to an aromatic ring is 1. The van der Waals surface area contributed by atoms with Gasteiger partial charge in [0.1, 0.15) is 5.75 Å². The van der Waals surface area contributed by atoms with Crippen LogP contribution in [0.5, 0.6) is 5.75 Å². The summed E-state index contributed by atoms with van der Waals surface area (Å²) < 4.78 is 37.3. The maximum atomic E-state index is 12.7. The van der Waals surface area contributed by atoms with Crippen LogP contribution in [0.15, 0.2) is 23.1 Å². The fraction of sp³-hybridized carbons (Fsp3) is 0.538. The number of rotatable bonds is 3. The van der Waals surface area contributed by atoms with E-state index in [1.165, 1.54) is 23.5 Å². The zero-order chi connectivity index (χ0) is 14.9. The van der Waals surface area contributed by atoms with E-state index in [1.807, 2.05) is 13.8 Å². The van der Waals surface area contributed by atoms with Crippen LogP contribution in [0.2, 0.25) is 0 Å². The predicted molar refractivity (Wildman–Crippen MR) is 76.2 cm³/mol. The molecule has 0 bridgehead atoms. The maximum Gasteiger partial charge on any atom is 0.243 e. The topological polar surface area (TPSA) is 81.9 Å². The Morgan fingerprint density at radius 3 is 2.70 bits per heavy atom. The molecule has 0 spiro atoms. The minimum atomic E-state index is -3.57. The number of nitrogens with zero attached hydrogens (tertiary/aromatic N) is 1. The van der Waals surface area contributed by atoms with Crippen molar-refractivity contribution in [2.45, 2.75) is 30.9 Å². The number of ether oxygens (including phenoxy) is 2. The molecule has 0 radical (unpaired) electrons. The maximum absolute atomic E-state index is 12.7. The summed E-state index contributed by atoms with van der Waals surface area (Å²) in [5.74, 6) is 0.465. The lowest BCUT2D eigenvalue weighted by atomic mass is 10.2. The van der Waals surface area contributed by atoms with Crippen LogP contribution in [-0.2, 0) is 14.8 Å². The molecule has 6 nitrogen and oxygen atoms in total. The van der Waals surface area contributed by atoms with Gasteiger partial charge in [-0.3, -0.25) is 0 Å². The largest absolute Gasteiger partial charge is 0.495 e. The first-order valence-corrected chi connectivity index (χ1v) is 7.87. The van der Waals surface area contributed by atoms with Gasteiger partial charge in [-0.1, -0.05) is 0 Å². The number of hydrogen-bond donors (Lipinski definition) is 1. The van der Waals surface area contributed by atoms with Gasteiger partial charge in [0.25, 0.3) is 0 Å². The third-order valence-electron chi connectivity index (χ3n) is 3.36. The number of methoxy groups -OCH3 is 1. The zero-order valence-corrected chi connectivity index (χ0v) is 12.7. The molecule has 1 aliphatic rings. The van der Waals surface area contributed by atoms with Gasteiger partial charge in [0.2, 0.25) is 10.0 Å². The molecule has 1 heterocycles. The van der Waals surface area contributed by atoms with E-state index in [9.17, 15) is 8.42 Å². The highest BCUT2D eigenvalue weighted by Gasteiger charge is 2.34. The number of nitrogens with two attached hydrogens (primary N) is 1. The number of morpholine rings is 1. The highest BCUT2D eigenvalue weighted by atomic mass is 32.2. The van der Waals surface area contributed by atoms with Crippen molar-refractivity contribution >= 4 is 15.7 Å². The number of sulfonamides is 1. The lowest BCUT2D eigenvalue weighted by molar-refractivity contribution is -0.0170. The molecule has 0 aliphatic carbocycles. The Morgan fingerprint density at radius 1 is 1.40 bits per heavy atom. The van der Waals surface area contributed by atoms with E-state index in [1.54, 1.807) is 6.07 Å². The van der Waals surface area contributed by atoms with Crippen LogP contribution in [0, 0.1) is 0 Å². The average molecular weight is 300 g/mol. The molecule has 1 aromatic rings. The molecule has 2 N–H and O–H groups in total. The van der Waals surface area contributed by atoms with Gasteiger partial charge in [0, 0.05) is 12.6 Å². The van der Waals surface area contributed by atoms with Gasteiger partial charge in [-0.05, 0) is 32.0 Å². The van der Waals surface area contributed by atoms with Gasteiger partial charge in [-0.25, -0.2) is 8.42 Å². The Hall–Kier alpha value is -1.31. The Morgan fingerprint density at radius 2 is 2.10 bits per heavy atom. The third-order valence-corrected chi connectivity index (χ3v) is 5.33. The highest BCUT2D eigenvalue weighted by molar-refractivity contribution is 7.89. The van der Waals surface area contributed by atoms with Crippen molar-refractivity contribution in [1.29, 1.82) is 0 Å². The van der Waals surface area contributed by atoms with Crippen molar-refractivity contribution in [1.82, 2.24) is 4.31 Å². The highest BCUT2D eigenvalue weighted by Crippen LogP contribution is 2.28. The Bertz CT molecular complexity index is 588. The standard InChI is InChI=1S/C13H20N2O4S/c1-9-8-19-10(2)7-15(9)20(16,17)11-4-5-13(18-3)12(14)6-11/h4-6,9-10H,7-8,14H2,1-3H3. The van der Waals surface area contributed by atoms with Crippen molar-refractivity contribution < 1.29 is 17.9 Å². The SMILES string of the molecule is COc1ccc(S(=O)(=O)N2CC(C)OCC2C)cc1N. The van der Waals surface area contributed by atoms with Crippen LogP contribution in [0.4, 0.5) is 5.69 Å². The summed E-state index contributed by atoms with van der Waals surface area (Å²) in [7, 11) is -2.08. The summed E-state index contributed by atoms with van der Waals surface area (Å²) in [4.78, 5) is 0.178. The van der Waals surface area contributed by atoms with Gasteiger partial charge >= 0.3 is 0 Å². The van der Waals surface area contributed by atoms with Crippen molar-refractivity contribution in [2.24, 2.45) is 0 Å². The van der Waals surface area contributed by atoms with Crippen molar-refractivity contribution in [3.63, 3.8) is 0 Å². The van der Waals surface area contributed by atoms with Gasteiger partial charge in [0.15, 0.2) is 0 Å². The van der Waals surface area contributed by atoms with E-state index in [2.05, 4.69) is 0 Å². The Balaban J connectivity index is 2.36. The first-order chi connectivity index (χ1) is 9.36. The second-order valence-corrected chi connectivity index (χ2v) is 6.86. The minimum Gasteiger partial charge on any atom is -0.495 e. The van der Waals surface area contributed by atoms with Crippen LogP contribution < -0.4 is 10.5 Å². The summed E-state index contributed by atoms with van der Waals surface area (Å²) >= 11 is 0. The zero-order valence-electron chi connectivity index (χ0n) is 11.9. The fourth-order valence-corrected chi connectivity index (χ4v) is 3.94. The quantitative estimate of drug-likeness (QED) is 0.845. The lowest BCUT2D eigenvalue weighted by Crippen LogP contribution is -2.50. The molecule has 112 valence electrons. The lowest BCUT2D eigenvalue weighted by Gasteiger charge is -2.35. The molecule has 1 aliphatic heterocycles. The number of benzene rings is 1. The number of hydrogen-bond acceptors (Lipinski definition) is 5. The molecule has 0 aromatic heterocycles. The van der Waals surface area contributed by atoms with E-state index in [0.717, 1.165) is 0 Å².